The third-order valence-corrected chi connectivity index (χ3v) is 8.06. The number of allylic oxidation sites excluding steroid dienone is 1. The van der Waals surface area contributed by atoms with Gasteiger partial charge in [-0.05, 0) is 49.4 Å². The van der Waals surface area contributed by atoms with E-state index in [9.17, 15) is 18.5 Å². The minimum Gasteiger partial charge on any atom is -0.457 e. The zero-order valence-corrected chi connectivity index (χ0v) is 20.3. The van der Waals surface area contributed by atoms with Crippen LogP contribution in [-0.2, 0) is 14.8 Å². The van der Waals surface area contributed by atoms with Crippen molar-refractivity contribution in [3.8, 4) is 17.4 Å². The zero-order valence-electron chi connectivity index (χ0n) is 19.5. The Kier molecular flexibility index (Phi) is 6.33. The van der Waals surface area contributed by atoms with Crippen molar-refractivity contribution in [2.45, 2.75) is 11.8 Å². The number of Topliss-reactive ketones (excluding diaryl/α,β-unsaturated/α-hetero) is 1. The first-order valence-corrected chi connectivity index (χ1v) is 12.8. The molecule has 0 radical (unpaired) electrons. The minimum absolute atomic E-state index is 0.0456. The van der Waals surface area contributed by atoms with E-state index in [2.05, 4.69) is 4.98 Å². The van der Waals surface area contributed by atoms with Gasteiger partial charge in [0.25, 0.3) is 0 Å². The Hall–Kier alpha value is -3.97. The molecule has 0 bridgehead atoms. The van der Waals surface area contributed by atoms with Crippen molar-refractivity contribution in [3.05, 3.63) is 83.3 Å². The normalized spacial score (nSPS) is 15.2. The summed E-state index contributed by atoms with van der Waals surface area (Å²) in [6.45, 7) is 3.22. The molecule has 2 aromatic heterocycles. The van der Waals surface area contributed by atoms with Gasteiger partial charge in [-0.1, -0.05) is 18.2 Å². The number of fused-ring (bicyclic) bond motifs is 1. The topological polar surface area (TPSA) is 116 Å². The Morgan fingerprint density at radius 3 is 2.50 bits per heavy atom. The van der Waals surface area contributed by atoms with Crippen LogP contribution in [0.15, 0.2) is 75.5 Å². The van der Waals surface area contributed by atoms with Gasteiger partial charge in [-0.15, -0.1) is 0 Å². The van der Waals surface area contributed by atoms with Crippen molar-refractivity contribution in [2.75, 3.05) is 26.3 Å². The number of nitriles is 1. The molecular weight excluding hydrogens is 478 g/mol. The lowest BCUT2D eigenvalue weighted by atomic mass is 10.0. The lowest BCUT2D eigenvalue weighted by Gasteiger charge is -2.26. The van der Waals surface area contributed by atoms with E-state index in [-0.39, 0.29) is 16.3 Å². The molecule has 0 amide bonds. The van der Waals surface area contributed by atoms with Gasteiger partial charge < -0.3 is 14.1 Å². The number of aromatic nitrogens is 1. The Morgan fingerprint density at radius 1 is 1.06 bits per heavy atom. The monoisotopic (exact) mass is 501 g/mol. The molecule has 36 heavy (non-hydrogen) atoms. The fourth-order valence-corrected chi connectivity index (χ4v) is 5.72. The molecule has 2 aromatic carbocycles. The summed E-state index contributed by atoms with van der Waals surface area (Å²) in [5, 5.41) is 10.5. The summed E-state index contributed by atoms with van der Waals surface area (Å²) in [6, 6.07) is 19.3. The van der Waals surface area contributed by atoms with Crippen LogP contribution >= 0.6 is 0 Å². The van der Waals surface area contributed by atoms with Crippen molar-refractivity contribution in [3.63, 3.8) is 0 Å². The van der Waals surface area contributed by atoms with Crippen LogP contribution in [0.25, 0.3) is 28.3 Å². The van der Waals surface area contributed by atoms with Crippen LogP contribution in [0.5, 0.6) is 0 Å². The van der Waals surface area contributed by atoms with Crippen molar-refractivity contribution in [1.29, 1.82) is 5.26 Å². The molecule has 1 aliphatic heterocycles. The van der Waals surface area contributed by atoms with Gasteiger partial charge in [0, 0.05) is 41.3 Å². The van der Waals surface area contributed by atoms with Crippen LogP contribution in [0.3, 0.4) is 0 Å². The number of rotatable bonds is 6. The van der Waals surface area contributed by atoms with E-state index < -0.39 is 10.0 Å². The van der Waals surface area contributed by atoms with Crippen LogP contribution in [-0.4, -0.2) is 49.8 Å². The highest BCUT2D eigenvalue weighted by Gasteiger charge is 2.26. The molecule has 0 atom stereocenters. The van der Waals surface area contributed by atoms with Gasteiger partial charge in [0.1, 0.15) is 23.2 Å². The number of carbonyl (C=O) groups is 1. The Labute approximate surface area is 208 Å². The Morgan fingerprint density at radius 2 is 1.78 bits per heavy atom. The van der Waals surface area contributed by atoms with E-state index in [1.165, 1.54) is 10.4 Å². The first-order chi connectivity index (χ1) is 17.4. The molecule has 0 unspecified atom stereocenters. The number of H-pyrrole nitrogens is 1. The number of furan rings is 1. The molecule has 4 aromatic rings. The van der Waals surface area contributed by atoms with Crippen LogP contribution < -0.4 is 0 Å². The van der Waals surface area contributed by atoms with E-state index in [1.807, 2.05) is 30.3 Å². The molecule has 1 fully saturated rings. The maximum absolute atomic E-state index is 13.2. The van der Waals surface area contributed by atoms with Gasteiger partial charge in [0.15, 0.2) is 0 Å². The van der Waals surface area contributed by atoms with Crippen molar-refractivity contribution < 1.29 is 22.4 Å². The number of hydrogen-bond acceptors (Lipinski definition) is 6. The SMILES string of the molecule is Cc1[nH]c2ccccc2c1C(=O)C(C#N)=Cc1ccc(-c2ccc(S(=O)(=O)N3CCOCC3)cc2)o1. The molecular formula is C27H23N3O5S. The van der Waals surface area contributed by atoms with E-state index in [0.29, 0.717) is 54.6 Å². The number of nitrogens with one attached hydrogen (secondary N) is 1. The summed E-state index contributed by atoms with van der Waals surface area (Å²) in [7, 11) is -3.59. The quantitative estimate of drug-likeness (QED) is 0.235. The fraction of sp³-hybridized carbons (Fsp3) is 0.185. The summed E-state index contributed by atoms with van der Waals surface area (Å²) < 4.78 is 38.2. The smallest absolute Gasteiger partial charge is 0.243 e. The Balaban J connectivity index is 1.39. The second-order valence-electron chi connectivity index (χ2n) is 8.41. The molecule has 5 rings (SSSR count). The summed E-state index contributed by atoms with van der Waals surface area (Å²) in [6.07, 6.45) is 1.42. The first-order valence-electron chi connectivity index (χ1n) is 11.4. The number of aryl methyl sites for hydroxylation is 1. The van der Waals surface area contributed by atoms with Gasteiger partial charge in [0.2, 0.25) is 15.8 Å². The lowest BCUT2D eigenvalue weighted by molar-refractivity contribution is 0.0730. The molecule has 3 heterocycles. The highest BCUT2D eigenvalue weighted by Crippen LogP contribution is 2.28. The largest absolute Gasteiger partial charge is 0.457 e. The predicted molar refractivity (Wildman–Crippen MR) is 135 cm³/mol. The number of para-hydroxylation sites is 1. The molecule has 1 N–H and O–H groups in total. The zero-order chi connectivity index (χ0) is 25.3. The summed E-state index contributed by atoms with van der Waals surface area (Å²) in [5.74, 6) is 0.449. The van der Waals surface area contributed by atoms with Crippen LogP contribution in [0.1, 0.15) is 21.8 Å². The molecule has 0 saturated carbocycles. The van der Waals surface area contributed by atoms with Crippen LogP contribution in [0.4, 0.5) is 0 Å². The average Bonchev–Trinajstić information content (AvgIpc) is 3.51. The van der Waals surface area contributed by atoms with E-state index >= 15 is 0 Å². The molecule has 0 spiro atoms. The number of benzene rings is 2. The average molecular weight is 502 g/mol. The number of ether oxygens (including phenoxy) is 1. The predicted octanol–water partition coefficient (Wildman–Crippen LogP) is 4.55. The van der Waals surface area contributed by atoms with Crippen molar-refractivity contribution >= 4 is 32.8 Å². The van der Waals surface area contributed by atoms with E-state index in [4.69, 9.17) is 9.15 Å². The number of sulfonamides is 1. The molecule has 9 heteroatoms. The summed E-state index contributed by atoms with van der Waals surface area (Å²) in [5.41, 5.74) is 2.61. The number of nitrogens with zero attached hydrogens (tertiary/aromatic N) is 2. The third kappa shape index (κ3) is 4.38. The van der Waals surface area contributed by atoms with Crippen LogP contribution in [0, 0.1) is 18.3 Å². The molecule has 1 aliphatic rings. The second kappa shape index (κ2) is 9.59. The van der Waals surface area contributed by atoms with Crippen LogP contribution in [0.2, 0.25) is 0 Å². The fourth-order valence-electron chi connectivity index (χ4n) is 4.31. The van der Waals surface area contributed by atoms with Gasteiger partial charge in [0.05, 0.1) is 23.7 Å². The lowest BCUT2D eigenvalue weighted by Crippen LogP contribution is -2.40. The van der Waals surface area contributed by atoms with Gasteiger partial charge in [-0.25, -0.2) is 8.42 Å². The molecule has 182 valence electrons. The molecule has 1 saturated heterocycles. The summed E-state index contributed by atoms with van der Waals surface area (Å²) >= 11 is 0. The standard InChI is InChI=1S/C27H23N3O5S/c1-18-26(23-4-2-3-5-24(23)29-18)27(31)20(17-28)16-21-8-11-25(35-21)19-6-9-22(10-7-19)36(32,33)30-12-14-34-15-13-30/h2-11,16,29H,12-15H2,1H3. The maximum atomic E-state index is 13.2. The molecule has 0 aliphatic carbocycles. The highest BCUT2D eigenvalue weighted by atomic mass is 32.2. The van der Waals surface area contributed by atoms with Gasteiger partial charge in [-0.2, -0.15) is 9.57 Å². The second-order valence-corrected chi connectivity index (χ2v) is 10.4. The first kappa shape index (κ1) is 23.8. The number of aromatic amines is 1. The van der Waals surface area contributed by atoms with Crippen molar-refractivity contribution in [2.24, 2.45) is 0 Å². The summed E-state index contributed by atoms with van der Waals surface area (Å²) in [4.78, 5) is 16.6. The van der Waals surface area contributed by atoms with Gasteiger partial charge in [-0.3, -0.25) is 4.79 Å². The minimum atomic E-state index is -3.59. The maximum Gasteiger partial charge on any atom is 0.243 e. The number of carbonyl (C=O) groups excluding carboxylic acids is 1. The van der Waals surface area contributed by atoms with E-state index in [0.717, 1.165) is 10.9 Å². The van der Waals surface area contributed by atoms with E-state index in [1.54, 1.807) is 43.3 Å². The molecule has 8 nitrogen and oxygen atoms in total. The number of hydrogen-bond donors (Lipinski definition) is 1. The third-order valence-electron chi connectivity index (χ3n) is 6.15. The Bertz CT molecular complexity index is 1620. The number of ketones is 1. The number of morpholine rings is 1. The van der Waals surface area contributed by atoms with Gasteiger partial charge >= 0.3 is 0 Å². The highest BCUT2D eigenvalue weighted by molar-refractivity contribution is 7.89. The van der Waals surface area contributed by atoms with Crippen molar-refractivity contribution in [1.82, 2.24) is 9.29 Å².